The number of fused-ring (bicyclic) bond motifs is 1. The molecule has 1 unspecified atom stereocenters. The maximum absolute atomic E-state index is 11.3. The van der Waals surface area contributed by atoms with E-state index in [0.717, 1.165) is 54.9 Å². The number of carboxylic acid groups (broad SMARTS) is 1. The van der Waals surface area contributed by atoms with Gasteiger partial charge in [0.15, 0.2) is 5.96 Å². The van der Waals surface area contributed by atoms with Crippen LogP contribution in [0.15, 0.2) is 34.5 Å². The van der Waals surface area contributed by atoms with E-state index in [-0.39, 0.29) is 31.3 Å². The van der Waals surface area contributed by atoms with Gasteiger partial charge in [-0.2, -0.15) is 0 Å². The number of aliphatic imine (C=N–C) groups is 1. The Labute approximate surface area is 257 Å². The van der Waals surface area contributed by atoms with Gasteiger partial charge in [-0.1, -0.05) is 40.6 Å². The number of nitrogens with zero attached hydrogens (tertiary/aromatic N) is 8. The van der Waals surface area contributed by atoms with Crippen LogP contribution in [0.1, 0.15) is 74.6 Å². The fourth-order valence-electron chi connectivity index (χ4n) is 5.43. The van der Waals surface area contributed by atoms with E-state index in [9.17, 15) is 9.90 Å². The summed E-state index contributed by atoms with van der Waals surface area (Å²) in [6.07, 6.45) is 12.9. The first-order valence-corrected chi connectivity index (χ1v) is 15.1. The van der Waals surface area contributed by atoms with E-state index in [1.807, 2.05) is 29.0 Å². The van der Waals surface area contributed by atoms with Gasteiger partial charge in [0.05, 0.1) is 68.6 Å². The number of nitrogens with two attached hydrogens (primary N) is 2. The van der Waals surface area contributed by atoms with Crippen molar-refractivity contribution in [3.8, 4) is 0 Å². The summed E-state index contributed by atoms with van der Waals surface area (Å²) in [4.78, 5) is 20.7. The number of rotatable bonds is 17. The van der Waals surface area contributed by atoms with Crippen molar-refractivity contribution in [1.82, 2.24) is 30.0 Å². The number of ether oxygens (including phenoxy) is 2. The molecule has 1 atom stereocenters. The molecular weight excluding hydrogens is 568 g/mol. The average molecular weight is 613 g/mol. The van der Waals surface area contributed by atoms with E-state index >= 15 is 0 Å². The quantitative estimate of drug-likeness (QED) is 0.102. The van der Waals surface area contributed by atoms with Gasteiger partial charge >= 0.3 is 5.97 Å². The van der Waals surface area contributed by atoms with Crippen LogP contribution in [0.4, 0.5) is 0 Å². The van der Waals surface area contributed by atoms with E-state index in [2.05, 4.69) is 44.6 Å². The molecule has 0 spiro atoms. The number of carbonyl (C=O) groups is 1. The molecule has 15 nitrogen and oxygen atoms in total. The molecule has 2 aliphatic carbocycles. The first-order chi connectivity index (χ1) is 21.2. The normalized spacial score (nSPS) is 16.4. The Morgan fingerprint density at radius 1 is 1.07 bits per heavy atom. The molecule has 5 N–H and O–H groups in total. The zero-order chi connectivity index (χ0) is 31.4. The maximum Gasteiger partial charge on any atom is 0.303 e. The Hall–Kier alpha value is -4.11. The zero-order valence-corrected chi connectivity index (χ0v) is 25.6. The first-order valence-electron chi connectivity index (χ1n) is 15.1. The van der Waals surface area contributed by atoms with Crippen molar-refractivity contribution in [2.24, 2.45) is 21.6 Å². The lowest BCUT2D eigenvalue weighted by Crippen LogP contribution is -2.35. The molecule has 0 aliphatic heterocycles. The number of carboxylic acids is 1. The van der Waals surface area contributed by atoms with Crippen molar-refractivity contribution in [3.63, 3.8) is 0 Å². The third kappa shape index (κ3) is 9.44. The Bertz CT molecular complexity index is 1340. The van der Waals surface area contributed by atoms with Crippen LogP contribution < -0.4 is 11.5 Å². The molecule has 0 radical (unpaired) electrons. The molecule has 2 heterocycles. The Morgan fingerprint density at radius 3 is 2.61 bits per heavy atom. The van der Waals surface area contributed by atoms with E-state index < -0.39 is 11.6 Å². The number of allylic oxidation sites excluding steroid dienone is 4. The molecule has 0 saturated heterocycles. The lowest BCUT2D eigenvalue weighted by molar-refractivity contribution is -0.137. The fraction of sp³-hybridized carbons (Fsp3) is 0.621. The summed E-state index contributed by atoms with van der Waals surface area (Å²) in [6, 6.07) is 0. The van der Waals surface area contributed by atoms with E-state index in [0.29, 0.717) is 45.1 Å². The summed E-state index contributed by atoms with van der Waals surface area (Å²) in [7, 11) is 0. The highest BCUT2D eigenvalue weighted by Crippen LogP contribution is 2.38. The molecule has 2 aromatic rings. The molecule has 0 saturated carbocycles. The first kappa shape index (κ1) is 32.8. The van der Waals surface area contributed by atoms with Crippen LogP contribution in [-0.4, -0.2) is 84.7 Å². The Kier molecular flexibility index (Phi) is 12.0. The summed E-state index contributed by atoms with van der Waals surface area (Å²) in [5, 5.41) is 31.2. The van der Waals surface area contributed by atoms with Gasteiger partial charge in [0.1, 0.15) is 18.0 Å². The van der Waals surface area contributed by atoms with Gasteiger partial charge in [0.25, 0.3) is 0 Å². The van der Waals surface area contributed by atoms with Gasteiger partial charge in [0, 0.05) is 12.3 Å². The largest absolute Gasteiger partial charge is 0.481 e. The highest BCUT2D eigenvalue weighted by atomic mass is 16.6. The second-order valence-corrected chi connectivity index (χ2v) is 11.3. The fourth-order valence-corrected chi connectivity index (χ4v) is 5.43. The molecule has 44 heavy (non-hydrogen) atoms. The summed E-state index contributed by atoms with van der Waals surface area (Å²) >= 11 is 0. The van der Waals surface area contributed by atoms with Crippen LogP contribution in [0, 0.1) is 0 Å². The Balaban J connectivity index is 1.41. The third-order valence-electron chi connectivity index (χ3n) is 7.69. The standard InChI is InChI=1S/C29H44N10O5/c1-29(2,43-18-19-44-35-21-8-6-7-9-21)22-10-4-3-5-11-25-27(22)34-37-39(25)16-15-38-24(12-13-26(40)41)23(33-36-38)20-42-17-14-32-28(30)31/h6-9,22H,3-5,10-20H2,1-2H3,(H,40,41)(H4,30,31,32). The zero-order valence-electron chi connectivity index (χ0n) is 25.6. The molecule has 240 valence electrons. The number of oxime groups is 1. The topological polar surface area (TPSA) is 203 Å². The van der Waals surface area contributed by atoms with Gasteiger partial charge in [-0.25, -0.2) is 9.36 Å². The van der Waals surface area contributed by atoms with Crippen LogP contribution in [0.3, 0.4) is 0 Å². The molecule has 0 amide bonds. The lowest BCUT2D eigenvalue weighted by atomic mass is 9.80. The Morgan fingerprint density at radius 2 is 1.84 bits per heavy atom. The highest BCUT2D eigenvalue weighted by molar-refractivity contribution is 6.06. The number of guanidine groups is 1. The van der Waals surface area contributed by atoms with Crippen molar-refractivity contribution in [3.05, 3.63) is 47.1 Å². The second kappa shape index (κ2) is 16.1. The molecule has 2 aliphatic rings. The average Bonchev–Trinajstić information content (AvgIpc) is 3.71. The number of hydrogen-bond acceptors (Lipinski definition) is 10. The summed E-state index contributed by atoms with van der Waals surface area (Å²) in [5.41, 5.74) is 14.4. The predicted octanol–water partition coefficient (Wildman–Crippen LogP) is 1.87. The van der Waals surface area contributed by atoms with Crippen LogP contribution in [0.25, 0.3) is 0 Å². The van der Waals surface area contributed by atoms with Crippen molar-refractivity contribution < 1.29 is 24.2 Å². The number of aryl methyl sites for hydroxylation is 2. The molecule has 4 rings (SSSR count). The van der Waals surface area contributed by atoms with Gasteiger partial charge in [-0.15, -0.1) is 10.2 Å². The molecular formula is C29H44N10O5. The summed E-state index contributed by atoms with van der Waals surface area (Å²) in [6.45, 7) is 6.73. The predicted molar refractivity (Wildman–Crippen MR) is 163 cm³/mol. The minimum atomic E-state index is -0.895. The van der Waals surface area contributed by atoms with Crippen LogP contribution in [0.2, 0.25) is 0 Å². The van der Waals surface area contributed by atoms with Gasteiger partial charge in [-0.05, 0) is 45.3 Å². The second-order valence-electron chi connectivity index (χ2n) is 11.3. The monoisotopic (exact) mass is 612 g/mol. The summed E-state index contributed by atoms with van der Waals surface area (Å²) < 4.78 is 15.7. The molecule has 15 heteroatoms. The SMILES string of the molecule is CC(C)(OCCON=C1C=CC=C1)C1CCCCCc2c1nnn2CCn1nnc(COCCN=C(N)N)c1CCC(=O)O. The minimum absolute atomic E-state index is 0.00300. The number of aromatic nitrogens is 6. The van der Waals surface area contributed by atoms with Gasteiger partial charge in [0.2, 0.25) is 0 Å². The van der Waals surface area contributed by atoms with Crippen molar-refractivity contribution in [2.75, 3.05) is 26.4 Å². The van der Waals surface area contributed by atoms with E-state index in [4.69, 9.17) is 25.8 Å². The van der Waals surface area contributed by atoms with Crippen LogP contribution >= 0.6 is 0 Å². The van der Waals surface area contributed by atoms with E-state index in [1.54, 1.807) is 4.68 Å². The van der Waals surface area contributed by atoms with Crippen molar-refractivity contribution in [2.45, 2.75) is 90.0 Å². The lowest BCUT2D eigenvalue weighted by Gasteiger charge is -2.34. The number of hydrogen-bond donors (Lipinski definition) is 3. The molecule has 0 aromatic carbocycles. The third-order valence-corrected chi connectivity index (χ3v) is 7.69. The minimum Gasteiger partial charge on any atom is -0.481 e. The smallest absolute Gasteiger partial charge is 0.303 e. The highest BCUT2D eigenvalue weighted by Gasteiger charge is 2.36. The maximum atomic E-state index is 11.3. The van der Waals surface area contributed by atoms with E-state index in [1.165, 1.54) is 0 Å². The van der Waals surface area contributed by atoms with Gasteiger partial charge < -0.3 is 30.9 Å². The van der Waals surface area contributed by atoms with Crippen molar-refractivity contribution in [1.29, 1.82) is 0 Å². The number of aliphatic carboxylic acids is 1. The van der Waals surface area contributed by atoms with Gasteiger partial charge in [-0.3, -0.25) is 9.79 Å². The van der Waals surface area contributed by atoms with Crippen LogP contribution in [-0.2, 0) is 51.6 Å². The molecule has 2 aromatic heterocycles. The molecule has 0 fully saturated rings. The van der Waals surface area contributed by atoms with Crippen molar-refractivity contribution >= 4 is 17.6 Å². The molecule has 0 bridgehead atoms. The van der Waals surface area contributed by atoms with Crippen LogP contribution in [0.5, 0.6) is 0 Å². The summed E-state index contributed by atoms with van der Waals surface area (Å²) in [5.74, 6) is -0.829.